The number of amides is 1. The van der Waals surface area contributed by atoms with Gasteiger partial charge in [-0.3, -0.25) is 14.5 Å². The SMILES string of the molecule is CCN(C(=O)CN1CCC(C(=O)OC)CC1)C1=CCCC1. The maximum atomic E-state index is 12.5. The van der Waals surface area contributed by atoms with Crippen LogP contribution in [0.25, 0.3) is 0 Å². The Labute approximate surface area is 126 Å². The van der Waals surface area contributed by atoms with Crippen LogP contribution in [0.1, 0.15) is 39.0 Å². The Bertz CT molecular complexity index is 412. The molecule has 0 atom stereocenters. The topological polar surface area (TPSA) is 49.9 Å². The standard InChI is InChI=1S/C16H26N2O3/c1-3-18(14-6-4-5-7-14)15(19)12-17-10-8-13(9-11-17)16(20)21-2/h6,13H,3-5,7-12H2,1-2H3. The summed E-state index contributed by atoms with van der Waals surface area (Å²) in [7, 11) is 1.44. The van der Waals surface area contributed by atoms with E-state index < -0.39 is 0 Å². The maximum Gasteiger partial charge on any atom is 0.308 e. The molecule has 0 saturated carbocycles. The van der Waals surface area contributed by atoms with Crippen LogP contribution in [0.3, 0.4) is 0 Å². The van der Waals surface area contributed by atoms with E-state index in [9.17, 15) is 9.59 Å². The predicted molar refractivity (Wildman–Crippen MR) is 80.5 cm³/mol. The molecule has 1 amide bonds. The number of rotatable bonds is 5. The Hall–Kier alpha value is -1.36. The average Bonchev–Trinajstić information content (AvgIpc) is 3.02. The number of methoxy groups -OCH3 is 1. The van der Waals surface area contributed by atoms with Crippen molar-refractivity contribution in [3.63, 3.8) is 0 Å². The largest absolute Gasteiger partial charge is 0.469 e. The van der Waals surface area contributed by atoms with Crippen molar-refractivity contribution < 1.29 is 14.3 Å². The summed E-state index contributed by atoms with van der Waals surface area (Å²) >= 11 is 0. The van der Waals surface area contributed by atoms with E-state index in [1.807, 2.05) is 11.8 Å². The molecule has 1 aliphatic carbocycles. The van der Waals surface area contributed by atoms with E-state index in [1.165, 1.54) is 12.8 Å². The molecule has 21 heavy (non-hydrogen) atoms. The minimum Gasteiger partial charge on any atom is -0.469 e. The fourth-order valence-electron chi connectivity index (χ4n) is 3.21. The van der Waals surface area contributed by atoms with Crippen LogP contribution in [0.5, 0.6) is 0 Å². The van der Waals surface area contributed by atoms with Crippen molar-refractivity contribution in [1.29, 1.82) is 0 Å². The first-order chi connectivity index (χ1) is 10.2. The van der Waals surface area contributed by atoms with Gasteiger partial charge in [0.05, 0.1) is 19.6 Å². The Balaban J connectivity index is 1.82. The van der Waals surface area contributed by atoms with E-state index in [4.69, 9.17) is 4.74 Å². The molecule has 0 aromatic heterocycles. The van der Waals surface area contributed by atoms with Crippen molar-refractivity contribution in [1.82, 2.24) is 9.80 Å². The summed E-state index contributed by atoms with van der Waals surface area (Å²) < 4.78 is 4.79. The van der Waals surface area contributed by atoms with Gasteiger partial charge in [-0.15, -0.1) is 0 Å². The normalized spacial score (nSPS) is 20.2. The van der Waals surface area contributed by atoms with Crippen LogP contribution in [0.4, 0.5) is 0 Å². The number of carbonyl (C=O) groups is 2. The van der Waals surface area contributed by atoms with Crippen LogP contribution < -0.4 is 0 Å². The molecule has 0 aromatic carbocycles. The summed E-state index contributed by atoms with van der Waals surface area (Å²) in [5.74, 6) is 0.0654. The lowest BCUT2D eigenvalue weighted by Crippen LogP contribution is -2.44. The monoisotopic (exact) mass is 294 g/mol. The van der Waals surface area contributed by atoms with E-state index in [0.717, 1.165) is 51.7 Å². The van der Waals surface area contributed by atoms with Gasteiger partial charge in [-0.1, -0.05) is 6.08 Å². The number of carbonyl (C=O) groups excluding carboxylic acids is 2. The first kappa shape index (κ1) is 16.0. The summed E-state index contributed by atoms with van der Waals surface area (Å²) in [5.41, 5.74) is 1.19. The van der Waals surface area contributed by atoms with Crippen LogP contribution in [0.2, 0.25) is 0 Å². The zero-order valence-electron chi connectivity index (χ0n) is 13.1. The van der Waals surface area contributed by atoms with Gasteiger partial charge in [-0.2, -0.15) is 0 Å². The number of esters is 1. The highest BCUT2D eigenvalue weighted by atomic mass is 16.5. The first-order valence-electron chi connectivity index (χ1n) is 7.95. The van der Waals surface area contributed by atoms with Gasteiger partial charge in [0.2, 0.25) is 5.91 Å². The fourth-order valence-corrected chi connectivity index (χ4v) is 3.21. The summed E-state index contributed by atoms with van der Waals surface area (Å²) in [5, 5.41) is 0. The second-order valence-corrected chi connectivity index (χ2v) is 5.80. The number of piperidine rings is 1. The van der Waals surface area contributed by atoms with E-state index in [0.29, 0.717) is 6.54 Å². The lowest BCUT2D eigenvalue weighted by atomic mass is 9.97. The van der Waals surface area contributed by atoms with Gasteiger partial charge in [-0.05, 0) is 52.1 Å². The van der Waals surface area contributed by atoms with Crippen LogP contribution in [-0.2, 0) is 14.3 Å². The van der Waals surface area contributed by atoms with E-state index in [-0.39, 0.29) is 17.8 Å². The van der Waals surface area contributed by atoms with E-state index in [1.54, 1.807) is 0 Å². The number of likely N-dealkylation sites (N-methyl/N-ethyl adjacent to an activating group) is 1. The van der Waals surface area contributed by atoms with Gasteiger partial charge in [0.1, 0.15) is 0 Å². The molecule has 0 N–H and O–H groups in total. The van der Waals surface area contributed by atoms with Crippen molar-refractivity contribution >= 4 is 11.9 Å². The molecule has 1 saturated heterocycles. The minimum atomic E-state index is -0.118. The second-order valence-electron chi connectivity index (χ2n) is 5.80. The van der Waals surface area contributed by atoms with Gasteiger partial charge < -0.3 is 9.64 Å². The van der Waals surface area contributed by atoms with Crippen LogP contribution in [0.15, 0.2) is 11.8 Å². The molecule has 0 aromatic rings. The quantitative estimate of drug-likeness (QED) is 0.725. The highest BCUT2D eigenvalue weighted by molar-refractivity contribution is 5.80. The smallest absolute Gasteiger partial charge is 0.308 e. The van der Waals surface area contributed by atoms with Crippen molar-refractivity contribution in [3.8, 4) is 0 Å². The molecule has 2 aliphatic rings. The van der Waals surface area contributed by atoms with E-state index in [2.05, 4.69) is 11.0 Å². The third kappa shape index (κ3) is 4.06. The molecule has 1 heterocycles. The summed E-state index contributed by atoms with van der Waals surface area (Å²) in [6.45, 7) is 4.81. The Morgan fingerprint density at radius 2 is 2.10 bits per heavy atom. The van der Waals surface area contributed by atoms with Crippen LogP contribution in [-0.4, -0.2) is 55.0 Å². The number of nitrogens with zero attached hydrogens (tertiary/aromatic N) is 2. The number of likely N-dealkylation sites (tertiary alicyclic amines) is 1. The molecule has 1 fully saturated rings. The molecule has 2 rings (SSSR count). The fraction of sp³-hybridized carbons (Fsp3) is 0.750. The third-order valence-corrected chi connectivity index (χ3v) is 4.46. The van der Waals surface area contributed by atoms with E-state index >= 15 is 0 Å². The summed E-state index contributed by atoms with van der Waals surface area (Å²) in [6, 6.07) is 0. The molecule has 5 nitrogen and oxygen atoms in total. The maximum absolute atomic E-state index is 12.5. The summed E-state index contributed by atoms with van der Waals surface area (Å²) in [6.07, 6.45) is 7.02. The summed E-state index contributed by atoms with van der Waals surface area (Å²) in [4.78, 5) is 28.0. The Morgan fingerprint density at radius 1 is 1.38 bits per heavy atom. The second kappa shape index (κ2) is 7.59. The van der Waals surface area contributed by atoms with Crippen molar-refractivity contribution in [3.05, 3.63) is 11.8 Å². The molecule has 118 valence electrons. The van der Waals surface area contributed by atoms with Gasteiger partial charge in [-0.25, -0.2) is 0 Å². The van der Waals surface area contributed by atoms with Gasteiger partial charge >= 0.3 is 5.97 Å². The highest BCUT2D eigenvalue weighted by Crippen LogP contribution is 2.22. The highest BCUT2D eigenvalue weighted by Gasteiger charge is 2.28. The van der Waals surface area contributed by atoms with Gasteiger partial charge in [0.15, 0.2) is 0 Å². The predicted octanol–water partition coefficient (Wildman–Crippen LogP) is 1.79. The lowest BCUT2D eigenvalue weighted by molar-refractivity contribution is -0.147. The van der Waals surface area contributed by atoms with Crippen molar-refractivity contribution in [2.45, 2.75) is 39.0 Å². The average molecular weight is 294 g/mol. The first-order valence-corrected chi connectivity index (χ1v) is 7.95. The molecule has 1 aliphatic heterocycles. The number of ether oxygens (including phenoxy) is 1. The number of allylic oxidation sites excluding steroid dienone is 2. The van der Waals surface area contributed by atoms with Crippen molar-refractivity contribution in [2.75, 3.05) is 33.3 Å². The van der Waals surface area contributed by atoms with Gasteiger partial charge in [0.25, 0.3) is 0 Å². The molecule has 0 bridgehead atoms. The van der Waals surface area contributed by atoms with Crippen molar-refractivity contribution in [2.24, 2.45) is 5.92 Å². The molecular weight excluding hydrogens is 268 g/mol. The zero-order chi connectivity index (χ0) is 15.2. The minimum absolute atomic E-state index is 0.00108. The molecule has 0 unspecified atom stereocenters. The third-order valence-electron chi connectivity index (χ3n) is 4.46. The van der Waals surface area contributed by atoms with Crippen LogP contribution in [0, 0.1) is 5.92 Å². The molecule has 0 spiro atoms. The zero-order valence-corrected chi connectivity index (χ0v) is 13.1. The van der Waals surface area contributed by atoms with Gasteiger partial charge in [0, 0.05) is 12.2 Å². The molecule has 5 heteroatoms. The number of hydrogen-bond acceptors (Lipinski definition) is 4. The molecule has 0 radical (unpaired) electrons. The Kier molecular flexibility index (Phi) is 5.79. The van der Waals surface area contributed by atoms with Crippen LogP contribution >= 0.6 is 0 Å². The Morgan fingerprint density at radius 3 is 2.62 bits per heavy atom. The lowest BCUT2D eigenvalue weighted by Gasteiger charge is -2.32. The molecular formula is C16H26N2O3. The number of hydrogen-bond donors (Lipinski definition) is 0.